The van der Waals surface area contributed by atoms with E-state index in [2.05, 4.69) is 20.8 Å². The number of hydrogen-bond donors (Lipinski definition) is 2. The largest absolute Gasteiger partial charge is 0.343 e. The van der Waals surface area contributed by atoms with Crippen LogP contribution in [-0.4, -0.2) is 28.5 Å². The fourth-order valence-electron chi connectivity index (χ4n) is 2.55. The van der Waals surface area contributed by atoms with E-state index in [0.717, 1.165) is 12.8 Å². The molecule has 1 aliphatic rings. The predicted molar refractivity (Wildman–Crippen MR) is 101 cm³/mol. The quantitative estimate of drug-likeness (QED) is 0.727. The number of nitrogens with one attached hydrogen (secondary N) is 2. The summed E-state index contributed by atoms with van der Waals surface area (Å²) in [6.45, 7) is 3.68. The maximum absolute atomic E-state index is 12.3. The van der Waals surface area contributed by atoms with Crippen molar-refractivity contribution in [2.75, 3.05) is 6.54 Å². The van der Waals surface area contributed by atoms with Crippen molar-refractivity contribution in [3.05, 3.63) is 45.5 Å². The van der Waals surface area contributed by atoms with Crippen molar-refractivity contribution in [2.45, 2.75) is 38.6 Å². The summed E-state index contributed by atoms with van der Waals surface area (Å²) in [5.74, 6) is 0.667. The summed E-state index contributed by atoms with van der Waals surface area (Å²) >= 11 is 11.8. The third-order valence-corrected chi connectivity index (χ3v) is 4.78. The van der Waals surface area contributed by atoms with Crippen molar-refractivity contribution in [1.29, 1.82) is 0 Å². The van der Waals surface area contributed by atoms with Gasteiger partial charge in [0.2, 0.25) is 11.8 Å². The summed E-state index contributed by atoms with van der Waals surface area (Å²) in [5.41, 5.74) is 0.250. The number of carbonyl (C=O) groups excluding carboxylic acids is 2. The Hall–Kier alpha value is -2.12. The molecule has 0 spiro atoms. The fraction of sp³-hybridized carbons (Fsp3) is 0.444. The molecule has 27 heavy (non-hydrogen) atoms. The van der Waals surface area contributed by atoms with E-state index in [1.165, 1.54) is 12.1 Å². The molecule has 2 amide bonds. The summed E-state index contributed by atoms with van der Waals surface area (Å²) in [6, 6.07) is 4.12. The average molecular weight is 411 g/mol. The molecule has 1 atom stereocenters. The van der Waals surface area contributed by atoms with E-state index in [4.69, 9.17) is 27.7 Å². The summed E-state index contributed by atoms with van der Waals surface area (Å²) < 4.78 is 5.32. The molecular weight excluding hydrogens is 391 g/mol. The van der Waals surface area contributed by atoms with Crippen LogP contribution in [0.25, 0.3) is 0 Å². The van der Waals surface area contributed by atoms with Gasteiger partial charge in [-0.15, -0.1) is 0 Å². The highest BCUT2D eigenvalue weighted by molar-refractivity contribution is 6.36. The smallest absolute Gasteiger partial charge is 0.253 e. The first-order valence-electron chi connectivity index (χ1n) is 8.71. The molecule has 144 valence electrons. The number of aromatic nitrogens is 2. The molecule has 1 aromatic heterocycles. The Kier molecular flexibility index (Phi) is 6.01. The number of halogens is 2. The van der Waals surface area contributed by atoms with Crippen LogP contribution < -0.4 is 10.6 Å². The molecule has 1 aliphatic carbocycles. The van der Waals surface area contributed by atoms with E-state index in [0.29, 0.717) is 22.7 Å². The summed E-state index contributed by atoms with van der Waals surface area (Å²) in [4.78, 5) is 28.9. The van der Waals surface area contributed by atoms with Crippen molar-refractivity contribution in [1.82, 2.24) is 20.8 Å². The van der Waals surface area contributed by atoms with Gasteiger partial charge in [-0.05, 0) is 37.0 Å². The van der Waals surface area contributed by atoms with Gasteiger partial charge in [0.05, 0.1) is 17.1 Å². The standard InChI is InChI=1S/C18H20Cl2N4O3/c1-9(2)15(18-23-16(24-27-18)10-3-4-10)22-14(25)8-21-17(26)12-6-5-11(19)7-13(12)20/h5-7,9-10,15H,3-4,8H2,1-2H3,(H,21,26)(H,22,25). The van der Waals surface area contributed by atoms with Crippen LogP contribution in [0.2, 0.25) is 10.0 Å². The zero-order chi connectivity index (χ0) is 19.6. The monoisotopic (exact) mass is 410 g/mol. The third-order valence-electron chi connectivity index (χ3n) is 4.23. The lowest BCUT2D eigenvalue weighted by atomic mass is 10.0. The highest BCUT2D eigenvalue weighted by Gasteiger charge is 2.31. The Morgan fingerprint density at radius 3 is 2.67 bits per heavy atom. The Balaban J connectivity index is 1.58. The second kappa shape index (κ2) is 8.27. The normalized spacial score (nSPS) is 14.9. The summed E-state index contributed by atoms with van der Waals surface area (Å²) in [7, 11) is 0. The summed E-state index contributed by atoms with van der Waals surface area (Å²) in [5, 5.41) is 10.0. The van der Waals surface area contributed by atoms with E-state index in [-0.39, 0.29) is 29.0 Å². The predicted octanol–water partition coefficient (Wildman–Crippen LogP) is 3.50. The molecule has 0 aliphatic heterocycles. The molecule has 1 fully saturated rings. The molecule has 0 radical (unpaired) electrons. The number of carbonyl (C=O) groups is 2. The van der Waals surface area contributed by atoms with Crippen LogP contribution in [0.5, 0.6) is 0 Å². The minimum atomic E-state index is -0.457. The Labute approximate surface area is 166 Å². The van der Waals surface area contributed by atoms with Crippen molar-refractivity contribution < 1.29 is 14.1 Å². The second-order valence-corrected chi connectivity index (χ2v) is 7.70. The molecule has 9 heteroatoms. The molecule has 2 aromatic rings. The first-order chi connectivity index (χ1) is 12.8. The molecule has 0 saturated heterocycles. The topological polar surface area (TPSA) is 97.1 Å². The second-order valence-electron chi connectivity index (χ2n) is 6.86. The van der Waals surface area contributed by atoms with Crippen molar-refractivity contribution in [2.24, 2.45) is 5.92 Å². The van der Waals surface area contributed by atoms with E-state index in [9.17, 15) is 9.59 Å². The van der Waals surface area contributed by atoms with Crippen molar-refractivity contribution in [3.63, 3.8) is 0 Å². The maximum atomic E-state index is 12.3. The number of hydrogen-bond acceptors (Lipinski definition) is 5. The van der Waals surface area contributed by atoms with Gasteiger partial charge in [-0.25, -0.2) is 0 Å². The summed E-state index contributed by atoms with van der Waals surface area (Å²) in [6.07, 6.45) is 2.13. The van der Waals surface area contributed by atoms with E-state index in [1.807, 2.05) is 13.8 Å². The van der Waals surface area contributed by atoms with Gasteiger partial charge in [0.15, 0.2) is 5.82 Å². The lowest BCUT2D eigenvalue weighted by Crippen LogP contribution is -2.40. The highest BCUT2D eigenvalue weighted by Crippen LogP contribution is 2.38. The van der Waals surface area contributed by atoms with Gasteiger partial charge in [-0.2, -0.15) is 4.98 Å². The molecule has 1 heterocycles. The van der Waals surface area contributed by atoms with Gasteiger partial charge in [-0.1, -0.05) is 42.2 Å². The molecule has 1 aromatic carbocycles. The zero-order valence-corrected chi connectivity index (χ0v) is 16.5. The lowest BCUT2D eigenvalue weighted by molar-refractivity contribution is -0.121. The molecule has 1 saturated carbocycles. The van der Waals surface area contributed by atoms with Crippen LogP contribution in [0.3, 0.4) is 0 Å². The Morgan fingerprint density at radius 1 is 1.30 bits per heavy atom. The van der Waals surface area contributed by atoms with Gasteiger partial charge in [0, 0.05) is 10.9 Å². The molecule has 3 rings (SSSR count). The number of amides is 2. The molecule has 2 N–H and O–H groups in total. The number of benzene rings is 1. The molecule has 1 unspecified atom stereocenters. The number of nitrogens with zero attached hydrogens (tertiary/aromatic N) is 2. The lowest BCUT2D eigenvalue weighted by Gasteiger charge is -2.18. The highest BCUT2D eigenvalue weighted by atomic mass is 35.5. The van der Waals surface area contributed by atoms with Gasteiger partial charge in [0.1, 0.15) is 6.04 Å². The van der Waals surface area contributed by atoms with Crippen LogP contribution in [0, 0.1) is 5.92 Å². The number of rotatable bonds is 7. The molecular formula is C18H20Cl2N4O3. The van der Waals surface area contributed by atoms with Crippen LogP contribution in [0.1, 0.15) is 60.7 Å². The first kappa shape index (κ1) is 19.6. The minimum Gasteiger partial charge on any atom is -0.343 e. The maximum Gasteiger partial charge on any atom is 0.253 e. The SMILES string of the molecule is CC(C)C(NC(=O)CNC(=O)c1ccc(Cl)cc1Cl)c1nc(C2CC2)no1. The van der Waals surface area contributed by atoms with Gasteiger partial charge < -0.3 is 15.2 Å². The van der Waals surface area contributed by atoms with Crippen molar-refractivity contribution >= 4 is 35.0 Å². The Bertz CT molecular complexity index is 849. The minimum absolute atomic E-state index is 0.0443. The van der Waals surface area contributed by atoms with Gasteiger partial charge in [-0.3, -0.25) is 9.59 Å². The van der Waals surface area contributed by atoms with Crippen molar-refractivity contribution in [3.8, 4) is 0 Å². The first-order valence-corrected chi connectivity index (χ1v) is 9.47. The fourth-order valence-corrected chi connectivity index (χ4v) is 3.04. The van der Waals surface area contributed by atoms with Crippen LogP contribution in [0.15, 0.2) is 22.7 Å². The van der Waals surface area contributed by atoms with Crippen LogP contribution in [-0.2, 0) is 4.79 Å². The van der Waals surface area contributed by atoms with E-state index >= 15 is 0 Å². The molecule has 7 nitrogen and oxygen atoms in total. The van der Waals surface area contributed by atoms with E-state index < -0.39 is 11.9 Å². The average Bonchev–Trinajstić information content (AvgIpc) is 3.35. The van der Waals surface area contributed by atoms with Gasteiger partial charge >= 0.3 is 0 Å². The van der Waals surface area contributed by atoms with Crippen LogP contribution in [0.4, 0.5) is 0 Å². The van der Waals surface area contributed by atoms with Crippen LogP contribution >= 0.6 is 23.2 Å². The third kappa shape index (κ3) is 4.99. The zero-order valence-electron chi connectivity index (χ0n) is 15.0. The van der Waals surface area contributed by atoms with Gasteiger partial charge in [0.25, 0.3) is 5.91 Å². The Morgan fingerprint density at radius 2 is 2.04 bits per heavy atom. The van der Waals surface area contributed by atoms with E-state index in [1.54, 1.807) is 6.07 Å². The molecule has 0 bridgehead atoms.